The van der Waals surface area contributed by atoms with Gasteiger partial charge in [-0.1, -0.05) is 40.1 Å². The molecule has 2 aromatic rings. The zero-order valence-electron chi connectivity index (χ0n) is 18.3. The third-order valence-electron chi connectivity index (χ3n) is 4.59. The van der Waals surface area contributed by atoms with Gasteiger partial charge in [-0.05, 0) is 37.1 Å². The molecule has 0 unspecified atom stereocenters. The van der Waals surface area contributed by atoms with Gasteiger partial charge >= 0.3 is 6.18 Å². The fourth-order valence-corrected chi connectivity index (χ4v) is 3.39. The maximum Gasteiger partial charge on any atom is 0.393 e. The Morgan fingerprint density at radius 1 is 1.21 bits per heavy atom. The lowest BCUT2D eigenvalue weighted by molar-refractivity contribution is -0.127. The van der Waals surface area contributed by atoms with Gasteiger partial charge in [0, 0.05) is 28.8 Å². The normalized spacial score (nSPS) is 12.5. The van der Waals surface area contributed by atoms with Crippen LogP contribution in [0.2, 0.25) is 5.02 Å². The largest absolute Gasteiger partial charge is 0.398 e. The second kappa shape index (κ2) is 11.1. The number of benzene rings is 2. The van der Waals surface area contributed by atoms with Crippen LogP contribution in [0.3, 0.4) is 0 Å². The molecule has 0 saturated heterocycles. The third-order valence-corrected chi connectivity index (χ3v) is 4.81. The standard InChI is InChI=1S/C22H22ClF4N3O3/c1-12-6-5-7-16(20(30-32-4)21(31)28-3)17(12)11-33-29-13(2)19-14(10-22(25,26)27)8-15(23)9-18(19)24/h5-9H,10-11H2,1-4H3,(H,28,31)/b29-13+,30-20+. The van der Waals surface area contributed by atoms with Crippen LogP contribution in [0, 0.1) is 12.7 Å². The molecule has 0 radical (unpaired) electrons. The maximum atomic E-state index is 14.5. The Balaban J connectivity index is 2.39. The van der Waals surface area contributed by atoms with Gasteiger partial charge in [-0.15, -0.1) is 0 Å². The van der Waals surface area contributed by atoms with Crippen LogP contribution in [0.4, 0.5) is 17.6 Å². The monoisotopic (exact) mass is 487 g/mol. The first-order chi connectivity index (χ1) is 15.5. The average Bonchev–Trinajstić information content (AvgIpc) is 2.71. The Labute approximate surface area is 193 Å². The van der Waals surface area contributed by atoms with E-state index in [1.165, 1.54) is 21.1 Å². The predicted octanol–water partition coefficient (Wildman–Crippen LogP) is 4.93. The molecule has 1 N–H and O–H groups in total. The van der Waals surface area contributed by atoms with Gasteiger partial charge in [0.25, 0.3) is 5.91 Å². The van der Waals surface area contributed by atoms with Crippen molar-refractivity contribution in [3.8, 4) is 0 Å². The van der Waals surface area contributed by atoms with Crippen molar-refractivity contribution in [1.82, 2.24) is 5.32 Å². The second-order valence-electron chi connectivity index (χ2n) is 6.97. The smallest absolute Gasteiger partial charge is 0.393 e. The molecule has 0 aliphatic heterocycles. The Morgan fingerprint density at radius 3 is 2.52 bits per heavy atom. The first kappa shape index (κ1) is 26.1. The molecule has 1 amide bonds. The van der Waals surface area contributed by atoms with E-state index in [-0.39, 0.29) is 34.2 Å². The molecule has 0 aliphatic carbocycles. The molecule has 0 fully saturated rings. The van der Waals surface area contributed by atoms with Crippen LogP contribution in [0.1, 0.15) is 34.7 Å². The van der Waals surface area contributed by atoms with Crippen molar-refractivity contribution in [3.05, 3.63) is 69.0 Å². The average molecular weight is 488 g/mol. The molecular formula is C22H22ClF4N3O3. The highest BCUT2D eigenvalue weighted by molar-refractivity contribution is 6.45. The summed E-state index contributed by atoms with van der Waals surface area (Å²) in [6.45, 7) is 2.93. The van der Waals surface area contributed by atoms with Crippen molar-refractivity contribution >= 4 is 28.9 Å². The molecule has 33 heavy (non-hydrogen) atoms. The number of hydrogen-bond donors (Lipinski definition) is 1. The van der Waals surface area contributed by atoms with Gasteiger partial charge < -0.3 is 15.0 Å². The van der Waals surface area contributed by atoms with E-state index >= 15 is 0 Å². The number of rotatable bonds is 8. The summed E-state index contributed by atoms with van der Waals surface area (Å²) >= 11 is 5.74. The Morgan fingerprint density at radius 2 is 1.91 bits per heavy atom. The lowest BCUT2D eigenvalue weighted by Gasteiger charge is -2.14. The fourth-order valence-electron chi connectivity index (χ4n) is 3.17. The highest BCUT2D eigenvalue weighted by atomic mass is 35.5. The number of halogens is 5. The number of carbonyl (C=O) groups excluding carboxylic acids is 1. The van der Waals surface area contributed by atoms with Crippen molar-refractivity contribution in [3.63, 3.8) is 0 Å². The van der Waals surface area contributed by atoms with Gasteiger partial charge in [0.1, 0.15) is 19.5 Å². The van der Waals surface area contributed by atoms with E-state index in [1.54, 1.807) is 25.1 Å². The highest BCUT2D eigenvalue weighted by Gasteiger charge is 2.30. The predicted molar refractivity (Wildman–Crippen MR) is 117 cm³/mol. The Kier molecular flexibility index (Phi) is 8.81. The number of aryl methyl sites for hydroxylation is 1. The molecule has 0 saturated carbocycles. The number of hydrogen-bond acceptors (Lipinski definition) is 5. The summed E-state index contributed by atoms with van der Waals surface area (Å²) in [7, 11) is 2.73. The number of nitrogens with zero attached hydrogens (tertiary/aromatic N) is 2. The fraction of sp³-hybridized carbons (Fsp3) is 0.318. The maximum absolute atomic E-state index is 14.5. The highest BCUT2D eigenvalue weighted by Crippen LogP contribution is 2.28. The SMILES string of the molecule is CNC(=O)/C(=N/OC)c1cccc(C)c1CO/N=C(\C)c1c(F)cc(Cl)cc1CC(F)(F)F. The van der Waals surface area contributed by atoms with Crippen molar-refractivity contribution in [1.29, 1.82) is 0 Å². The number of carbonyl (C=O) groups is 1. The molecule has 11 heteroatoms. The minimum atomic E-state index is -4.57. The van der Waals surface area contributed by atoms with E-state index in [0.717, 1.165) is 17.7 Å². The number of nitrogens with one attached hydrogen (secondary N) is 1. The summed E-state index contributed by atoms with van der Waals surface area (Å²) < 4.78 is 53.3. The van der Waals surface area contributed by atoms with Crippen molar-refractivity contribution in [2.45, 2.75) is 33.1 Å². The molecule has 6 nitrogen and oxygen atoms in total. The van der Waals surface area contributed by atoms with Crippen LogP contribution in [0.5, 0.6) is 0 Å². The first-order valence-corrected chi connectivity index (χ1v) is 10.00. The Hall–Kier alpha value is -3.14. The summed E-state index contributed by atoms with van der Waals surface area (Å²) in [6, 6.07) is 7.07. The lowest BCUT2D eigenvalue weighted by Crippen LogP contribution is -2.29. The zero-order chi connectivity index (χ0) is 24.8. The van der Waals surface area contributed by atoms with E-state index in [0.29, 0.717) is 11.1 Å². The van der Waals surface area contributed by atoms with Crippen LogP contribution < -0.4 is 5.32 Å². The van der Waals surface area contributed by atoms with E-state index in [2.05, 4.69) is 15.6 Å². The minimum Gasteiger partial charge on any atom is -0.398 e. The minimum absolute atomic E-state index is 0.000731. The van der Waals surface area contributed by atoms with Crippen LogP contribution in [0.25, 0.3) is 0 Å². The van der Waals surface area contributed by atoms with Gasteiger partial charge in [0.15, 0.2) is 5.71 Å². The summed E-state index contributed by atoms with van der Waals surface area (Å²) in [5.74, 6) is -1.44. The van der Waals surface area contributed by atoms with Crippen LogP contribution in [0.15, 0.2) is 40.6 Å². The van der Waals surface area contributed by atoms with Crippen molar-refractivity contribution in [2.24, 2.45) is 10.3 Å². The molecule has 178 valence electrons. The first-order valence-electron chi connectivity index (χ1n) is 9.62. The quantitative estimate of drug-likeness (QED) is 0.326. The van der Waals surface area contributed by atoms with Crippen molar-refractivity contribution < 1.29 is 32.0 Å². The molecule has 0 atom stereocenters. The number of amides is 1. The molecule has 2 aromatic carbocycles. The summed E-state index contributed by atoms with van der Waals surface area (Å²) in [6.07, 6.45) is -5.95. The zero-order valence-corrected chi connectivity index (χ0v) is 19.1. The van der Waals surface area contributed by atoms with Gasteiger partial charge in [0.05, 0.1) is 12.1 Å². The van der Waals surface area contributed by atoms with Crippen molar-refractivity contribution in [2.75, 3.05) is 14.2 Å². The molecule has 0 bridgehead atoms. The van der Waals surface area contributed by atoms with Gasteiger partial charge in [-0.2, -0.15) is 13.2 Å². The molecular weight excluding hydrogens is 466 g/mol. The summed E-state index contributed by atoms with van der Waals surface area (Å²) in [4.78, 5) is 22.3. The van der Waals surface area contributed by atoms with E-state index in [4.69, 9.17) is 21.3 Å². The molecule has 0 aliphatic rings. The van der Waals surface area contributed by atoms with Crippen LogP contribution >= 0.6 is 11.6 Å². The number of likely N-dealkylation sites (N-methyl/N-ethyl adjacent to an activating group) is 1. The topological polar surface area (TPSA) is 72.3 Å². The molecule has 0 heterocycles. The second-order valence-corrected chi connectivity index (χ2v) is 7.40. The third kappa shape index (κ3) is 6.92. The van der Waals surface area contributed by atoms with E-state index < -0.39 is 24.3 Å². The van der Waals surface area contributed by atoms with Crippen LogP contribution in [-0.2, 0) is 27.5 Å². The van der Waals surface area contributed by atoms with E-state index in [9.17, 15) is 22.4 Å². The Bertz CT molecular complexity index is 1090. The molecule has 2 rings (SSSR count). The number of alkyl halides is 3. The van der Waals surface area contributed by atoms with E-state index in [1.807, 2.05) is 0 Å². The van der Waals surface area contributed by atoms with Gasteiger partial charge in [0.2, 0.25) is 0 Å². The molecule has 0 aromatic heterocycles. The summed E-state index contributed by atoms with van der Waals surface area (Å²) in [5, 5.41) is 9.89. The number of oxime groups is 2. The van der Waals surface area contributed by atoms with Crippen LogP contribution in [-0.4, -0.2) is 37.7 Å². The van der Waals surface area contributed by atoms with Gasteiger partial charge in [-0.25, -0.2) is 4.39 Å². The van der Waals surface area contributed by atoms with Gasteiger partial charge in [-0.3, -0.25) is 4.79 Å². The molecule has 0 spiro atoms. The summed E-state index contributed by atoms with van der Waals surface area (Å²) in [5.41, 5.74) is 0.898. The lowest BCUT2D eigenvalue weighted by atomic mass is 9.98.